The van der Waals surface area contributed by atoms with Gasteiger partial charge in [-0.3, -0.25) is 4.79 Å². The summed E-state index contributed by atoms with van der Waals surface area (Å²) in [6.45, 7) is 0.260. The lowest BCUT2D eigenvalue weighted by Crippen LogP contribution is -2.29. The van der Waals surface area contributed by atoms with Crippen molar-refractivity contribution in [1.29, 1.82) is 0 Å². The summed E-state index contributed by atoms with van der Waals surface area (Å²) in [4.78, 5) is 13.7. The molecule has 26 heavy (non-hydrogen) atoms. The van der Waals surface area contributed by atoms with Crippen molar-refractivity contribution in [3.63, 3.8) is 0 Å². The number of thioether (sulfide) groups is 1. The van der Waals surface area contributed by atoms with E-state index in [2.05, 4.69) is 0 Å². The molecule has 0 spiro atoms. The molecule has 0 amide bonds. The van der Waals surface area contributed by atoms with Crippen molar-refractivity contribution in [3.8, 4) is 0 Å². The van der Waals surface area contributed by atoms with Crippen LogP contribution in [0.1, 0.15) is 17.2 Å². The van der Waals surface area contributed by atoms with E-state index in [1.165, 1.54) is 0 Å². The second kappa shape index (κ2) is 9.34. The molecule has 3 aromatic rings. The second-order valence-corrected chi connectivity index (χ2v) is 6.88. The van der Waals surface area contributed by atoms with Gasteiger partial charge in [-0.2, -0.15) is 0 Å². The van der Waals surface area contributed by atoms with Gasteiger partial charge in [0.25, 0.3) is 0 Å². The van der Waals surface area contributed by atoms with Gasteiger partial charge in [0.05, 0.1) is 6.61 Å². The van der Waals surface area contributed by atoms with Crippen molar-refractivity contribution in [1.82, 2.24) is 0 Å². The number of aliphatic hydroxyl groups is 1. The van der Waals surface area contributed by atoms with E-state index in [1.54, 1.807) is 12.1 Å². The zero-order valence-corrected chi connectivity index (χ0v) is 15.0. The van der Waals surface area contributed by atoms with E-state index < -0.39 is 12.2 Å². The van der Waals surface area contributed by atoms with Gasteiger partial charge in [-0.05, 0) is 35.0 Å². The number of hydrogen-bond donors (Lipinski definition) is 1. The molecule has 0 aromatic heterocycles. The molecule has 0 aliphatic rings. The first kappa shape index (κ1) is 18.4. The number of aliphatic hydroxyl groups excluding tert-OH is 1. The minimum absolute atomic E-state index is 0.219. The summed E-state index contributed by atoms with van der Waals surface area (Å²) >= 11 is 1.09. The van der Waals surface area contributed by atoms with Crippen LogP contribution in [0.4, 0.5) is 0 Å². The Morgan fingerprint density at radius 2 is 1.38 bits per heavy atom. The Morgan fingerprint density at radius 1 is 0.846 bits per heavy atom. The number of hydrogen-bond acceptors (Lipinski definition) is 4. The van der Waals surface area contributed by atoms with Gasteiger partial charge in [0.1, 0.15) is 6.10 Å². The van der Waals surface area contributed by atoms with E-state index in [4.69, 9.17) is 4.74 Å². The molecule has 2 atom stereocenters. The van der Waals surface area contributed by atoms with Crippen LogP contribution in [-0.4, -0.2) is 16.3 Å². The molecular weight excluding hydrogens is 344 g/mol. The van der Waals surface area contributed by atoms with Crippen LogP contribution >= 0.6 is 11.8 Å². The summed E-state index contributed by atoms with van der Waals surface area (Å²) in [6.07, 6.45) is -1.98. The summed E-state index contributed by atoms with van der Waals surface area (Å²) in [6, 6.07) is 28.1. The van der Waals surface area contributed by atoms with Gasteiger partial charge < -0.3 is 9.84 Å². The molecule has 3 nitrogen and oxygen atoms in total. The smallest absolute Gasteiger partial charge is 0.225 e. The Bertz CT molecular complexity index is 807. The van der Waals surface area contributed by atoms with Crippen molar-refractivity contribution in [3.05, 3.63) is 102 Å². The maximum atomic E-state index is 12.8. The average Bonchev–Trinajstić information content (AvgIpc) is 2.70. The summed E-state index contributed by atoms with van der Waals surface area (Å²) in [5.41, 5.74) is 1.61. The van der Waals surface area contributed by atoms with Crippen LogP contribution < -0.4 is 0 Å². The van der Waals surface area contributed by atoms with Gasteiger partial charge in [-0.15, -0.1) is 0 Å². The molecule has 0 fully saturated rings. The maximum absolute atomic E-state index is 12.8. The number of carbonyl (C=O) groups is 1. The second-order valence-electron chi connectivity index (χ2n) is 5.81. The van der Waals surface area contributed by atoms with Crippen LogP contribution in [0, 0.1) is 0 Å². The summed E-state index contributed by atoms with van der Waals surface area (Å²) < 4.78 is 5.86. The number of rotatable bonds is 7. The highest BCUT2D eigenvalue weighted by molar-refractivity contribution is 8.13. The molecule has 1 N–H and O–H groups in total. The Labute approximate surface area is 157 Å². The Morgan fingerprint density at radius 3 is 2.00 bits per heavy atom. The predicted molar refractivity (Wildman–Crippen MR) is 104 cm³/mol. The van der Waals surface area contributed by atoms with Gasteiger partial charge in [0, 0.05) is 4.90 Å². The molecule has 3 aromatic carbocycles. The minimum Gasteiger partial charge on any atom is -0.385 e. The van der Waals surface area contributed by atoms with Crippen LogP contribution in [0.5, 0.6) is 0 Å². The van der Waals surface area contributed by atoms with Gasteiger partial charge >= 0.3 is 0 Å². The third-order valence-electron chi connectivity index (χ3n) is 3.89. The highest BCUT2D eigenvalue weighted by Gasteiger charge is 2.29. The third kappa shape index (κ3) is 5.05. The molecule has 0 unspecified atom stereocenters. The number of benzene rings is 3. The van der Waals surface area contributed by atoms with Gasteiger partial charge in [0.2, 0.25) is 5.12 Å². The lowest BCUT2D eigenvalue weighted by molar-refractivity contribution is -0.131. The van der Waals surface area contributed by atoms with Crippen LogP contribution in [0.15, 0.2) is 95.9 Å². The van der Waals surface area contributed by atoms with Crippen LogP contribution in [0.2, 0.25) is 0 Å². The van der Waals surface area contributed by atoms with Crippen LogP contribution in [0.25, 0.3) is 0 Å². The number of carbonyl (C=O) groups excluding carboxylic acids is 1. The SMILES string of the molecule is O=C(Sc1ccccc1)[C@H](OCc1ccccc1)[C@H](O)c1ccccc1. The fraction of sp³-hybridized carbons (Fsp3) is 0.136. The Balaban J connectivity index is 1.77. The molecular formula is C22H20O3S. The normalized spacial score (nSPS) is 13.1. The topological polar surface area (TPSA) is 46.5 Å². The lowest BCUT2D eigenvalue weighted by Gasteiger charge is -2.22. The molecule has 132 valence electrons. The number of ether oxygens (including phenoxy) is 1. The van der Waals surface area contributed by atoms with Gasteiger partial charge in [-0.25, -0.2) is 0 Å². The zero-order chi connectivity index (χ0) is 18.2. The molecule has 3 rings (SSSR count). The van der Waals surface area contributed by atoms with Crippen molar-refractivity contribution in [2.45, 2.75) is 23.7 Å². The van der Waals surface area contributed by atoms with Crippen molar-refractivity contribution >= 4 is 16.9 Å². The molecule has 0 aliphatic heterocycles. The van der Waals surface area contributed by atoms with Crippen LogP contribution in [-0.2, 0) is 16.1 Å². The highest BCUT2D eigenvalue weighted by Crippen LogP contribution is 2.28. The lowest BCUT2D eigenvalue weighted by atomic mass is 10.1. The first-order chi connectivity index (χ1) is 12.7. The fourth-order valence-corrected chi connectivity index (χ4v) is 3.37. The molecule has 0 saturated carbocycles. The van der Waals surface area contributed by atoms with E-state index >= 15 is 0 Å². The Hall–Kier alpha value is -2.40. The molecule has 0 aliphatic carbocycles. The monoisotopic (exact) mass is 364 g/mol. The molecule has 0 bridgehead atoms. The van der Waals surface area contributed by atoms with E-state index in [0.717, 1.165) is 22.2 Å². The summed E-state index contributed by atoms with van der Waals surface area (Å²) in [7, 11) is 0. The quantitative estimate of drug-likeness (QED) is 0.621. The predicted octanol–water partition coefficient (Wildman–Crippen LogP) is 4.62. The van der Waals surface area contributed by atoms with Gasteiger partial charge in [0.15, 0.2) is 6.10 Å². The summed E-state index contributed by atoms with van der Waals surface area (Å²) in [5, 5.41) is 10.5. The molecule has 4 heteroatoms. The largest absolute Gasteiger partial charge is 0.385 e. The van der Waals surface area contributed by atoms with E-state index in [1.807, 2.05) is 78.9 Å². The fourth-order valence-electron chi connectivity index (χ4n) is 2.54. The minimum atomic E-state index is -1.02. The average molecular weight is 364 g/mol. The summed E-state index contributed by atoms with van der Waals surface area (Å²) in [5.74, 6) is 0. The Kier molecular flexibility index (Phi) is 6.61. The van der Waals surface area contributed by atoms with Crippen molar-refractivity contribution < 1.29 is 14.6 Å². The highest BCUT2D eigenvalue weighted by atomic mass is 32.2. The van der Waals surface area contributed by atoms with Crippen molar-refractivity contribution in [2.75, 3.05) is 0 Å². The van der Waals surface area contributed by atoms with E-state index in [0.29, 0.717) is 5.56 Å². The third-order valence-corrected chi connectivity index (χ3v) is 4.84. The van der Waals surface area contributed by atoms with Crippen molar-refractivity contribution in [2.24, 2.45) is 0 Å². The first-order valence-electron chi connectivity index (χ1n) is 8.39. The maximum Gasteiger partial charge on any atom is 0.225 e. The first-order valence-corrected chi connectivity index (χ1v) is 9.21. The van der Waals surface area contributed by atoms with Crippen LogP contribution in [0.3, 0.4) is 0 Å². The molecule has 0 saturated heterocycles. The van der Waals surface area contributed by atoms with Gasteiger partial charge in [-0.1, -0.05) is 78.9 Å². The molecule has 0 radical (unpaired) electrons. The standard InChI is InChI=1S/C22H20O3S/c23-20(18-12-6-2-7-13-18)21(25-16-17-10-4-1-5-11-17)22(24)26-19-14-8-3-9-15-19/h1-15,20-21,23H,16H2/t20-,21-/m1/s1. The van der Waals surface area contributed by atoms with E-state index in [9.17, 15) is 9.90 Å². The van der Waals surface area contributed by atoms with E-state index in [-0.39, 0.29) is 11.7 Å². The zero-order valence-electron chi connectivity index (χ0n) is 14.2. The molecule has 0 heterocycles.